The Morgan fingerprint density at radius 3 is 2.68 bits per heavy atom. The van der Waals surface area contributed by atoms with Gasteiger partial charge in [-0.05, 0) is 72.9 Å². The second kappa shape index (κ2) is 8.66. The highest BCUT2D eigenvalue weighted by molar-refractivity contribution is 7.89. The first kappa shape index (κ1) is 22.8. The molecule has 3 amide bonds. The lowest BCUT2D eigenvalue weighted by atomic mass is 10.1. The van der Waals surface area contributed by atoms with Crippen LogP contribution in [0.4, 0.5) is 14.9 Å². The molecule has 8 nitrogen and oxygen atoms in total. The number of carbonyl (C=O) groups excluding carboxylic acids is 2. The summed E-state index contributed by atoms with van der Waals surface area (Å²) in [6, 6.07) is 10.2. The molecule has 10 heteroatoms. The monoisotopic (exact) mass is 487 g/mol. The van der Waals surface area contributed by atoms with Crippen LogP contribution in [-0.4, -0.2) is 39.3 Å². The molecule has 3 aliphatic rings. The van der Waals surface area contributed by atoms with Crippen molar-refractivity contribution >= 4 is 27.6 Å². The Morgan fingerprint density at radius 1 is 1.21 bits per heavy atom. The number of nitrogens with one attached hydrogen (secondary N) is 2. The first-order valence-electron chi connectivity index (χ1n) is 11.3. The maximum absolute atomic E-state index is 14.1. The van der Waals surface area contributed by atoms with Crippen molar-refractivity contribution in [2.24, 2.45) is 17.8 Å². The zero-order chi connectivity index (χ0) is 24.0. The quantitative estimate of drug-likeness (QED) is 0.502. The zero-order valence-corrected chi connectivity index (χ0v) is 19.5. The number of aryl methyl sites for hydroxylation is 1. The van der Waals surface area contributed by atoms with Crippen molar-refractivity contribution in [3.05, 3.63) is 59.4 Å². The maximum Gasteiger partial charge on any atom is 0.329 e. The molecule has 2 aromatic carbocycles. The van der Waals surface area contributed by atoms with E-state index in [1.165, 1.54) is 17.4 Å². The van der Waals surface area contributed by atoms with E-state index < -0.39 is 27.9 Å². The Kier molecular flexibility index (Phi) is 5.81. The van der Waals surface area contributed by atoms with Crippen LogP contribution in [0.1, 0.15) is 30.5 Å². The number of nitrogens with zero attached hydrogens (tertiary/aromatic N) is 1. The fraction of sp³-hybridized carbons (Fsp3) is 0.417. The van der Waals surface area contributed by atoms with E-state index in [1.807, 2.05) is 0 Å². The molecule has 1 saturated heterocycles. The molecule has 0 aromatic heterocycles. The second-order valence-electron chi connectivity index (χ2n) is 9.25. The molecule has 0 spiro atoms. The molecule has 3 fully saturated rings. The smallest absolute Gasteiger partial charge is 0.329 e. The molecular formula is C24H26FN3O5S. The van der Waals surface area contributed by atoms with Gasteiger partial charge >= 0.3 is 6.03 Å². The minimum Gasteiger partial charge on any atom is -0.490 e. The van der Waals surface area contributed by atoms with Gasteiger partial charge in [0.05, 0.1) is 12.4 Å². The topological polar surface area (TPSA) is 105 Å². The second-order valence-corrected chi connectivity index (χ2v) is 11.1. The number of hydrogen-bond acceptors (Lipinski definition) is 5. The summed E-state index contributed by atoms with van der Waals surface area (Å²) in [6.07, 6.45) is 1.48. The van der Waals surface area contributed by atoms with Crippen LogP contribution in [0.15, 0.2) is 42.5 Å². The lowest BCUT2D eigenvalue weighted by Crippen LogP contribution is -2.30. The number of sulfonamides is 1. The van der Waals surface area contributed by atoms with Crippen LogP contribution in [0.2, 0.25) is 0 Å². The van der Waals surface area contributed by atoms with Gasteiger partial charge in [0.15, 0.2) is 11.6 Å². The number of halogens is 1. The van der Waals surface area contributed by atoms with Crippen LogP contribution >= 0.6 is 0 Å². The number of hydrogen-bond donors (Lipinski definition) is 2. The lowest BCUT2D eigenvalue weighted by Gasteiger charge is -2.17. The van der Waals surface area contributed by atoms with E-state index in [0.717, 1.165) is 17.4 Å². The minimum atomic E-state index is -3.65. The van der Waals surface area contributed by atoms with Crippen molar-refractivity contribution < 1.29 is 27.1 Å². The number of anilines is 1. The molecule has 2 aromatic rings. The van der Waals surface area contributed by atoms with Crippen molar-refractivity contribution in [3.8, 4) is 5.75 Å². The van der Waals surface area contributed by atoms with Crippen molar-refractivity contribution in [1.29, 1.82) is 0 Å². The summed E-state index contributed by atoms with van der Waals surface area (Å²) in [4.78, 5) is 24.6. The van der Waals surface area contributed by atoms with E-state index in [4.69, 9.17) is 4.74 Å². The summed E-state index contributed by atoms with van der Waals surface area (Å²) in [5.74, 6) is 1.20. The molecule has 0 bridgehead atoms. The number of urea groups is 1. The van der Waals surface area contributed by atoms with E-state index in [0.29, 0.717) is 23.8 Å². The predicted molar refractivity (Wildman–Crippen MR) is 123 cm³/mol. The van der Waals surface area contributed by atoms with Crippen molar-refractivity contribution in [2.75, 3.05) is 23.8 Å². The first-order chi connectivity index (χ1) is 16.2. The van der Waals surface area contributed by atoms with Gasteiger partial charge in [-0.15, -0.1) is 0 Å². The van der Waals surface area contributed by atoms with Gasteiger partial charge in [-0.3, -0.25) is 15.0 Å². The van der Waals surface area contributed by atoms with Gasteiger partial charge in [0.2, 0.25) is 15.9 Å². The number of benzene rings is 2. The Labute approximate surface area is 197 Å². The van der Waals surface area contributed by atoms with Gasteiger partial charge in [0.25, 0.3) is 0 Å². The molecule has 3 atom stereocenters. The summed E-state index contributed by atoms with van der Waals surface area (Å²) >= 11 is 0. The van der Waals surface area contributed by atoms with Crippen LogP contribution in [0.3, 0.4) is 0 Å². The molecule has 2 saturated carbocycles. The van der Waals surface area contributed by atoms with E-state index in [1.54, 1.807) is 43.3 Å². The van der Waals surface area contributed by atoms with Gasteiger partial charge in [0.1, 0.15) is 6.54 Å². The van der Waals surface area contributed by atoms with Crippen LogP contribution in [-0.2, 0) is 21.2 Å². The highest BCUT2D eigenvalue weighted by atomic mass is 32.2. The average molecular weight is 488 g/mol. The minimum absolute atomic E-state index is 0.0646. The van der Waals surface area contributed by atoms with Gasteiger partial charge < -0.3 is 4.74 Å². The number of carbonyl (C=O) groups is 2. The van der Waals surface area contributed by atoms with Crippen molar-refractivity contribution in [3.63, 3.8) is 0 Å². The normalized spacial score (nSPS) is 23.9. The summed E-state index contributed by atoms with van der Waals surface area (Å²) in [5.41, 5.74) is 1.87. The fourth-order valence-electron chi connectivity index (χ4n) is 4.43. The molecule has 34 heavy (non-hydrogen) atoms. The lowest BCUT2D eigenvalue weighted by molar-refractivity contribution is -0.117. The molecule has 2 aliphatic carbocycles. The van der Waals surface area contributed by atoms with Gasteiger partial charge in [-0.2, -0.15) is 0 Å². The van der Waals surface area contributed by atoms with Crippen LogP contribution in [0.25, 0.3) is 0 Å². The molecule has 1 heterocycles. The zero-order valence-electron chi connectivity index (χ0n) is 18.7. The van der Waals surface area contributed by atoms with E-state index in [-0.39, 0.29) is 30.4 Å². The summed E-state index contributed by atoms with van der Waals surface area (Å²) in [5, 5.41) is 2.22. The van der Waals surface area contributed by atoms with E-state index >= 15 is 0 Å². The third-order valence-corrected chi connectivity index (χ3v) is 8.22. The SMILES string of the molecule is C[C@@H](NS(=O)(=O)CCc1cccc(N2CC(=O)NC2=O)c1)c1ccc(F)c(OCC2C3CC23)c1. The summed E-state index contributed by atoms with van der Waals surface area (Å²) < 4.78 is 47.8. The van der Waals surface area contributed by atoms with E-state index in [2.05, 4.69) is 10.0 Å². The third kappa shape index (κ3) is 4.92. The molecule has 2 unspecified atom stereocenters. The van der Waals surface area contributed by atoms with Gasteiger partial charge in [-0.1, -0.05) is 18.2 Å². The van der Waals surface area contributed by atoms with Crippen LogP contribution in [0.5, 0.6) is 5.75 Å². The average Bonchev–Trinajstić information content (AvgIpc) is 3.68. The number of imide groups is 1. The Morgan fingerprint density at radius 2 is 2.00 bits per heavy atom. The molecule has 1 aliphatic heterocycles. The number of fused-ring (bicyclic) bond motifs is 1. The predicted octanol–water partition coefficient (Wildman–Crippen LogP) is 2.75. The van der Waals surface area contributed by atoms with Crippen molar-refractivity contribution in [2.45, 2.75) is 25.8 Å². The van der Waals surface area contributed by atoms with Crippen molar-refractivity contribution in [1.82, 2.24) is 10.0 Å². The summed E-state index contributed by atoms with van der Waals surface area (Å²) in [6.45, 7) is 2.14. The number of amides is 3. The third-order valence-electron chi connectivity index (χ3n) is 6.77. The number of ether oxygens (including phenoxy) is 1. The molecule has 2 N–H and O–H groups in total. The Hall–Kier alpha value is -2.98. The van der Waals surface area contributed by atoms with Crippen LogP contribution < -0.4 is 19.7 Å². The molecule has 180 valence electrons. The van der Waals surface area contributed by atoms with E-state index in [9.17, 15) is 22.4 Å². The summed E-state index contributed by atoms with van der Waals surface area (Å²) in [7, 11) is -3.65. The fourth-order valence-corrected chi connectivity index (χ4v) is 5.72. The highest BCUT2D eigenvalue weighted by Gasteiger charge is 2.64. The molecule has 5 rings (SSSR count). The number of rotatable bonds is 10. The van der Waals surface area contributed by atoms with Gasteiger partial charge in [0, 0.05) is 11.7 Å². The maximum atomic E-state index is 14.1. The standard InChI is InChI=1S/C24H26FN3O5S/c1-14(16-5-6-21(25)22(10-16)33-13-20-18-11-19(18)20)27-34(31,32)8-7-15-3-2-4-17(9-15)28-12-23(29)26-24(28)30/h2-6,9-10,14,18-20,27H,7-8,11-13H2,1H3,(H,26,29,30)/t14-,18?,19?,20?/m1/s1. The van der Waals surface area contributed by atoms with Crippen LogP contribution in [0, 0.1) is 23.6 Å². The Bertz CT molecular complexity index is 1240. The first-order valence-corrected chi connectivity index (χ1v) is 13.0. The van der Waals surface area contributed by atoms with Gasteiger partial charge in [-0.25, -0.2) is 22.3 Å². The largest absolute Gasteiger partial charge is 0.490 e. The highest BCUT2D eigenvalue weighted by Crippen LogP contribution is 2.68. The Balaban J connectivity index is 1.18. The molecule has 0 radical (unpaired) electrons. The molecular weight excluding hydrogens is 461 g/mol.